The molecule has 0 amide bonds. The monoisotopic (exact) mass is 336 g/mol. The van der Waals surface area contributed by atoms with Crippen molar-refractivity contribution in [2.75, 3.05) is 0 Å². The van der Waals surface area contributed by atoms with Crippen LogP contribution in [0, 0.1) is 11.6 Å². The van der Waals surface area contributed by atoms with Crippen LogP contribution < -0.4 is 0 Å². The normalized spacial score (nSPS) is 10.8. The highest BCUT2D eigenvalue weighted by Gasteiger charge is 2.08. The lowest BCUT2D eigenvalue weighted by molar-refractivity contribution is 0.625. The number of unbranched alkanes of at least 4 members (excludes halogenated alkanes) is 2. The summed E-state index contributed by atoms with van der Waals surface area (Å²) in [6.07, 6.45) is 4.75. The Bertz CT molecular complexity index is 835. The average molecular weight is 336 g/mol. The smallest absolute Gasteiger partial charge is 0.131 e. The average Bonchev–Trinajstić information content (AvgIpc) is 2.62. The van der Waals surface area contributed by atoms with Crippen molar-refractivity contribution < 1.29 is 8.78 Å². The third-order valence-corrected chi connectivity index (χ3v) is 4.46. The molecule has 3 aromatic rings. The Balaban J connectivity index is 1.80. The Morgan fingerprint density at radius 3 is 2.16 bits per heavy atom. The van der Waals surface area contributed by atoms with Gasteiger partial charge >= 0.3 is 0 Å². The first-order valence-electron chi connectivity index (χ1n) is 8.82. The highest BCUT2D eigenvalue weighted by Crippen LogP contribution is 2.28. The van der Waals surface area contributed by atoms with Crippen molar-refractivity contribution >= 4 is 0 Å². The zero-order valence-electron chi connectivity index (χ0n) is 14.4. The van der Waals surface area contributed by atoms with Crippen LogP contribution in [0.2, 0.25) is 0 Å². The number of hydrogen-bond acceptors (Lipinski definition) is 0. The van der Waals surface area contributed by atoms with Crippen molar-refractivity contribution in [1.29, 1.82) is 0 Å². The SMILES string of the molecule is CCCCCc1ccc(-c2ccc(-c3cccc(F)c3)c(F)c2)cc1. The first-order valence-corrected chi connectivity index (χ1v) is 8.82. The maximum Gasteiger partial charge on any atom is 0.131 e. The van der Waals surface area contributed by atoms with E-state index in [1.54, 1.807) is 18.2 Å². The Labute approximate surface area is 148 Å². The maximum atomic E-state index is 14.5. The molecule has 0 aliphatic rings. The topological polar surface area (TPSA) is 0 Å². The Kier molecular flexibility index (Phi) is 5.60. The third kappa shape index (κ3) is 4.33. The molecule has 0 aliphatic carbocycles. The van der Waals surface area contributed by atoms with E-state index in [1.807, 2.05) is 18.2 Å². The molecule has 0 spiro atoms. The summed E-state index contributed by atoms with van der Waals surface area (Å²) in [5.41, 5.74) is 4.10. The van der Waals surface area contributed by atoms with Crippen molar-refractivity contribution in [3.05, 3.63) is 83.9 Å². The van der Waals surface area contributed by atoms with Gasteiger partial charge in [-0.3, -0.25) is 0 Å². The molecule has 0 saturated heterocycles. The fourth-order valence-corrected chi connectivity index (χ4v) is 3.03. The predicted octanol–water partition coefficient (Wildman–Crippen LogP) is 7.03. The minimum Gasteiger partial charge on any atom is -0.207 e. The van der Waals surface area contributed by atoms with E-state index in [0.717, 1.165) is 17.5 Å². The summed E-state index contributed by atoms with van der Waals surface area (Å²) in [6, 6.07) is 19.4. The van der Waals surface area contributed by atoms with Crippen LogP contribution in [0.3, 0.4) is 0 Å². The molecule has 0 bridgehead atoms. The molecule has 128 valence electrons. The number of benzene rings is 3. The van der Waals surface area contributed by atoms with E-state index in [0.29, 0.717) is 11.1 Å². The van der Waals surface area contributed by atoms with Crippen LogP contribution >= 0.6 is 0 Å². The zero-order chi connectivity index (χ0) is 17.6. The summed E-state index contributed by atoms with van der Waals surface area (Å²) >= 11 is 0. The molecule has 3 rings (SSSR count). The van der Waals surface area contributed by atoms with Gasteiger partial charge in [0.05, 0.1) is 0 Å². The van der Waals surface area contributed by atoms with Crippen LogP contribution in [-0.4, -0.2) is 0 Å². The highest BCUT2D eigenvalue weighted by atomic mass is 19.1. The predicted molar refractivity (Wildman–Crippen MR) is 100 cm³/mol. The highest BCUT2D eigenvalue weighted by molar-refractivity contribution is 5.71. The van der Waals surface area contributed by atoms with Crippen LogP contribution in [0.1, 0.15) is 31.7 Å². The van der Waals surface area contributed by atoms with E-state index in [4.69, 9.17) is 0 Å². The molecule has 0 unspecified atom stereocenters. The summed E-state index contributed by atoms with van der Waals surface area (Å²) in [5, 5.41) is 0. The van der Waals surface area contributed by atoms with Crippen LogP contribution in [0.4, 0.5) is 8.78 Å². The molecule has 0 fully saturated rings. The number of hydrogen-bond donors (Lipinski definition) is 0. The largest absolute Gasteiger partial charge is 0.207 e. The summed E-state index contributed by atoms with van der Waals surface area (Å²) in [7, 11) is 0. The van der Waals surface area contributed by atoms with Gasteiger partial charge in [-0.05, 0) is 53.3 Å². The first kappa shape index (κ1) is 17.3. The van der Waals surface area contributed by atoms with Gasteiger partial charge in [-0.15, -0.1) is 0 Å². The molecule has 3 aromatic carbocycles. The standard InChI is InChI=1S/C23H22F2/c1-2-3-4-6-17-9-11-18(12-10-17)19-13-14-22(23(25)16-19)20-7-5-8-21(24)15-20/h5,7-16H,2-4,6H2,1H3. The van der Waals surface area contributed by atoms with Gasteiger partial charge in [-0.25, -0.2) is 8.78 Å². The molecule has 0 heterocycles. The van der Waals surface area contributed by atoms with Crippen LogP contribution in [0.5, 0.6) is 0 Å². The van der Waals surface area contributed by atoms with E-state index in [-0.39, 0.29) is 11.6 Å². The fourth-order valence-electron chi connectivity index (χ4n) is 3.03. The van der Waals surface area contributed by atoms with Gasteiger partial charge in [0.15, 0.2) is 0 Å². The molecular weight excluding hydrogens is 314 g/mol. The van der Waals surface area contributed by atoms with Crippen molar-refractivity contribution in [3.63, 3.8) is 0 Å². The van der Waals surface area contributed by atoms with Crippen molar-refractivity contribution in [3.8, 4) is 22.3 Å². The molecule has 0 saturated carbocycles. The van der Waals surface area contributed by atoms with E-state index in [9.17, 15) is 8.78 Å². The molecule has 0 aliphatic heterocycles. The van der Waals surface area contributed by atoms with Crippen molar-refractivity contribution in [1.82, 2.24) is 0 Å². The van der Waals surface area contributed by atoms with Gasteiger partial charge in [0, 0.05) is 5.56 Å². The molecule has 0 aromatic heterocycles. The van der Waals surface area contributed by atoms with Gasteiger partial charge < -0.3 is 0 Å². The molecule has 0 N–H and O–H groups in total. The molecule has 0 nitrogen and oxygen atoms in total. The minimum absolute atomic E-state index is 0.338. The maximum absolute atomic E-state index is 14.5. The lowest BCUT2D eigenvalue weighted by Gasteiger charge is -2.08. The third-order valence-electron chi connectivity index (χ3n) is 4.46. The second kappa shape index (κ2) is 8.06. The zero-order valence-corrected chi connectivity index (χ0v) is 14.4. The summed E-state index contributed by atoms with van der Waals surface area (Å²) in [6.45, 7) is 2.20. The van der Waals surface area contributed by atoms with Gasteiger partial charge in [-0.2, -0.15) is 0 Å². The van der Waals surface area contributed by atoms with Gasteiger partial charge in [0.25, 0.3) is 0 Å². The Hall–Kier alpha value is -2.48. The molecule has 25 heavy (non-hydrogen) atoms. The molecule has 0 radical (unpaired) electrons. The van der Waals surface area contributed by atoms with E-state index < -0.39 is 0 Å². The summed E-state index contributed by atoms with van der Waals surface area (Å²) in [5.74, 6) is -0.699. The minimum atomic E-state index is -0.361. The molecule has 0 atom stereocenters. The van der Waals surface area contributed by atoms with Gasteiger partial charge in [0.1, 0.15) is 11.6 Å². The Morgan fingerprint density at radius 1 is 0.720 bits per heavy atom. The van der Waals surface area contributed by atoms with E-state index >= 15 is 0 Å². The van der Waals surface area contributed by atoms with E-state index in [2.05, 4.69) is 19.1 Å². The van der Waals surface area contributed by atoms with Crippen LogP contribution in [0.15, 0.2) is 66.7 Å². The van der Waals surface area contributed by atoms with Crippen LogP contribution in [0.25, 0.3) is 22.3 Å². The van der Waals surface area contributed by atoms with Gasteiger partial charge in [-0.1, -0.05) is 68.3 Å². The number of rotatable bonds is 6. The lowest BCUT2D eigenvalue weighted by atomic mass is 9.98. The fraction of sp³-hybridized carbons (Fsp3) is 0.217. The first-order chi connectivity index (χ1) is 12.2. The summed E-state index contributed by atoms with van der Waals surface area (Å²) in [4.78, 5) is 0. The number of aryl methyl sites for hydroxylation is 1. The number of halogens is 2. The van der Waals surface area contributed by atoms with Gasteiger partial charge in [0.2, 0.25) is 0 Å². The summed E-state index contributed by atoms with van der Waals surface area (Å²) < 4.78 is 27.9. The van der Waals surface area contributed by atoms with Crippen molar-refractivity contribution in [2.24, 2.45) is 0 Å². The second-order valence-corrected chi connectivity index (χ2v) is 6.36. The molecular formula is C23H22F2. The lowest BCUT2D eigenvalue weighted by Crippen LogP contribution is -1.89. The van der Waals surface area contributed by atoms with E-state index in [1.165, 1.54) is 43.0 Å². The molecule has 2 heteroatoms. The second-order valence-electron chi connectivity index (χ2n) is 6.36. The quantitative estimate of drug-likeness (QED) is 0.424. The van der Waals surface area contributed by atoms with Crippen molar-refractivity contribution in [2.45, 2.75) is 32.6 Å². The Morgan fingerprint density at radius 2 is 1.48 bits per heavy atom. The van der Waals surface area contributed by atoms with Crippen LogP contribution in [-0.2, 0) is 6.42 Å².